The van der Waals surface area contributed by atoms with Crippen molar-refractivity contribution >= 4 is 11.9 Å². The molecule has 1 saturated heterocycles. The second-order valence-corrected chi connectivity index (χ2v) is 6.14. The molecule has 136 valence electrons. The van der Waals surface area contributed by atoms with E-state index in [0.29, 0.717) is 5.56 Å². The maximum absolute atomic E-state index is 12.4. The van der Waals surface area contributed by atoms with Gasteiger partial charge in [0.05, 0.1) is 18.8 Å². The molecule has 1 aliphatic heterocycles. The Bertz CT molecular complexity index is 641. The molecular formula is C19H24O6. The number of hydrogen-bond donors (Lipinski definition) is 0. The minimum absolute atomic E-state index is 0.0893. The van der Waals surface area contributed by atoms with E-state index in [1.54, 1.807) is 30.3 Å². The van der Waals surface area contributed by atoms with Crippen molar-refractivity contribution in [2.45, 2.75) is 38.3 Å². The quantitative estimate of drug-likeness (QED) is 0.602. The number of methoxy groups -OCH3 is 2. The van der Waals surface area contributed by atoms with Gasteiger partial charge < -0.3 is 18.9 Å². The van der Waals surface area contributed by atoms with E-state index < -0.39 is 23.8 Å². The van der Waals surface area contributed by atoms with E-state index in [1.165, 1.54) is 14.2 Å². The van der Waals surface area contributed by atoms with Gasteiger partial charge in [0.2, 0.25) is 5.79 Å². The molecular weight excluding hydrogens is 324 g/mol. The normalized spacial score (nSPS) is 27.4. The minimum atomic E-state index is -1.47. The van der Waals surface area contributed by atoms with Gasteiger partial charge in [0.1, 0.15) is 0 Å². The third-order valence-electron chi connectivity index (χ3n) is 4.60. The Balaban J connectivity index is 2.33. The zero-order valence-electron chi connectivity index (χ0n) is 15.0. The molecule has 6 nitrogen and oxygen atoms in total. The van der Waals surface area contributed by atoms with Crippen LogP contribution in [0, 0.1) is 5.92 Å². The van der Waals surface area contributed by atoms with Crippen molar-refractivity contribution in [1.82, 2.24) is 0 Å². The average Bonchev–Trinajstić information content (AvgIpc) is 2.63. The van der Waals surface area contributed by atoms with Crippen LogP contribution in [0.5, 0.6) is 0 Å². The first kappa shape index (κ1) is 19.1. The first-order valence-electron chi connectivity index (χ1n) is 8.09. The lowest BCUT2D eigenvalue weighted by Gasteiger charge is -2.45. The number of carbonyl (C=O) groups excluding carboxylic acids is 2. The number of esters is 2. The van der Waals surface area contributed by atoms with Gasteiger partial charge in [0.15, 0.2) is 0 Å². The molecule has 6 heteroatoms. The molecule has 1 fully saturated rings. The molecule has 1 aliphatic rings. The first-order chi connectivity index (χ1) is 11.8. The lowest BCUT2D eigenvalue weighted by atomic mass is 9.85. The Morgan fingerprint density at radius 2 is 1.88 bits per heavy atom. The third-order valence-corrected chi connectivity index (χ3v) is 4.60. The number of rotatable bonds is 5. The monoisotopic (exact) mass is 348 g/mol. The van der Waals surface area contributed by atoms with Gasteiger partial charge in [0, 0.05) is 19.4 Å². The van der Waals surface area contributed by atoms with E-state index in [4.69, 9.17) is 18.9 Å². The largest absolute Gasteiger partial charge is 0.466 e. The van der Waals surface area contributed by atoms with Crippen LogP contribution in [0.2, 0.25) is 0 Å². The molecule has 0 aliphatic carbocycles. The van der Waals surface area contributed by atoms with Gasteiger partial charge in [-0.2, -0.15) is 0 Å². The maximum atomic E-state index is 12.4. The van der Waals surface area contributed by atoms with Crippen LogP contribution in [-0.4, -0.2) is 44.2 Å². The van der Waals surface area contributed by atoms with Crippen molar-refractivity contribution in [3.8, 4) is 0 Å². The van der Waals surface area contributed by atoms with Crippen LogP contribution in [0.4, 0.5) is 0 Å². The van der Waals surface area contributed by atoms with Gasteiger partial charge in [-0.05, 0) is 19.1 Å². The molecule has 1 aromatic rings. The Morgan fingerprint density at radius 3 is 2.40 bits per heavy atom. The molecule has 1 aromatic carbocycles. The highest BCUT2D eigenvalue weighted by Crippen LogP contribution is 2.39. The third kappa shape index (κ3) is 3.91. The number of hydrogen-bond acceptors (Lipinski definition) is 6. The van der Waals surface area contributed by atoms with E-state index in [-0.39, 0.29) is 18.4 Å². The van der Waals surface area contributed by atoms with Crippen LogP contribution in [0.3, 0.4) is 0 Å². The van der Waals surface area contributed by atoms with Crippen LogP contribution < -0.4 is 0 Å². The standard InChI is InChI=1S/C19H24O6/c1-12-11-19(23-5,25-14(3)13(12)2)16(18(21)22-4)24-17(20)15-9-7-6-8-10-15/h6-10,13-14,16H,1,11H2,2-5H3. The fourth-order valence-corrected chi connectivity index (χ4v) is 2.82. The van der Waals surface area contributed by atoms with E-state index in [1.807, 2.05) is 13.8 Å². The number of carbonyl (C=O) groups is 2. The molecule has 4 unspecified atom stereocenters. The van der Waals surface area contributed by atoms with E-state index in [0.717, 1.165) is 5.57 Å². The van der Waals surface area contributed by atoms with Crippen molar-refractivity contribution in [3.63, 3.8) is 0 Å². The van der Waals surface area contributed by atoms with Crippen LogP contribution >= 0.6 is 0 Å². The fourth-order valence-electron chi connectivity index (χ4n) is 2.82. The second kappa shape index (κ2) is 7.80. The molecule has 0 spiro atoms. The highest BCUT2D eigenvalue weighted by Gasteiger charge is 2.53. The van der Waals surface area contributed by atoms with Crippen LogP contribution in [0.1, 0.15) is 30.6 Å². The van der Waals surface area contributed by atoms with E-state index in [9.17, 15) is 9.59 Å². The highest BCUT2D eigenvalue weighted by molar-refractivity contribution is 5.91. The summed E-state index contributed by atoms with van der Waals surface area (Å²) in [6, 6.07) is 8.39. The molecule has 0 radical (unpaired) electrons. The Hall–Kier alpha value is -2.18. The molecule has 0 aromatic heterocycles. The van der Waals surface area contributed by atoms with Crippen LogP contribution in [0.15, 0.2) is 42.5 Å². The first-order valence-corrected chi connectivity index (χ1v) is 8.09. The Labute approximate surface area is 147 Å². The fraction of sp³-hybridized carbons (Fsp3) is 0.474. The maximum Gasteiger partial charge on any atom is 0.352 e. The van der Waals surface area contributed by atoms with Crippen molar-refractivity contribution in [2.24, 2.45) is 5.92 Å². The van der Waals surface area contributed by atoms with Crippen LogP contribution in [-0.2, 0) is 23.7 Å². The summed E-state index contributed by atoms with van der Waals surface area (Å²) in [5, 5.41) is 0. The summed E-state index contributed by atoms with van der Waals surface area (Å²) in [6.07, 6.45) is -1.41. The number of benzene rings is 1. The highest BCUT2D eigenvalue weighted by atomic mass is 16.7. The van der Waals surface area contributed by atoms with Crippen molar-refractivity contribution in [3.05, 3.63) is 48.0 Å². The SMILES string of the molecule is C=C1CC(OC)(C(OC(=O)c2ccccc2)C(=O)OC)OC(C)C1C. The predicted octanol–water partition coefficient (Wildman–Crippen LogP) is 2.73. The van der Waals surface area contributed by atoms with Crippen LogP contribution in [0.25, 0.3) is 0 Å². The molecule has 0 bridgehead atoms. The Kier molecular flexibility index (Phi) is 5.98. The van der Waals surface area contributed by atoms with Gasteiger partial charge in [0.25, 0.3) is 6.10 Å². The van der Waals surface area contributed by atoms with Gasteiger partial charge in [-0.1, -0.05) is 37.3 Å². The summed E-state index contributed by atoms with van der Waals surface area (Å²) < 4.78 is 21.8. The van der Waals surface area contributed by atoms with Crippen molar-refractivity contribution < 1.29 is 28.5 Å². The molecule has 25 heavy (non-hydrogen) atoms. The van der Waals surface area contributed by atoms with Gasteiger partial charge in [-0.15, -0.1) is 0 Å². The summed E-state index contributed by atoms with van der Waals surface area (Å²) in [4.78, 5) is 24.8. The zero-order valence-corrected chi connectivity index (χ0v) is 15.0. The molecule has 0 amide bonds. The lowest BCUT2D eigenvalue weighted by Crippen LogP contribution is -2.58. The van der Waals surface area contributed by atoms with Crippen molar-refractivity contribution in [1.29, 1.82) is 0 Å². The molecule has 2 rings (SSSR count). The summed E-state index contributed by atoms with van der Waals surface area (Å²) in [5.41, 5.74) is 1.17. The van der Waals surface area contributed by atoms with E-state index >= 15 is 0 Å². The molecule has 0 saturated carbocycles. The molecule has 1 heterocycles. The number of ether oxygens (including phenoxy) is 4. The molecule has 0 N–H and O–H groups in total. The molecule has 4 atom stereocenters. The van der Waals surface area contributed by atoms with Crippen molar-refractivity contribution in [2.75, 3.05) is 14.2 Å². The smallest absolute Gasteiger partial charge is 0.352 e. The second-order valence-electron chi connectivity index (χ2n) is 6.14. The lowest BCUT2D eigenvalue weighted by molar-refractivity contribution is -0.300. The van der Waals surface area contributed by atoms with Gasteiger partial charge >= 0.3 is 11.9 Å². The predicted molar refractivity (Wildman–Crippen MR) is 90.9 cm³/mol. The zero-order chi connectivity index (χ0) is 18.6. The average molecular weight is 348 g/mol. The summed E-state index contributed by atoms with van der Waals surface area (Å²) in [7, 11) is 2.63. The summed E-state index contributed by atoms with van der Waals surface area (Å²) in [6.45, 7) is 7.88. The summed E-state index contributed by atoms with van der Waals surface area (Å²) in [5.74, 6) is -2.79. The van der Waals surface area contributed by atoms with Gasteiger partial charge in [-0.3, -0.25) is 0 Å². The summed E-state index contributed by atoms with van der Waals surface area (Å²) >= 11 is 0. The topological polar surface area (TPSA) is 71.1 Å². The minimum Gasteiger partial charge on any atom is -0.466 e. The van der Waals surface area contributed by atoms with Gasteiger partial charge in [-0.25, -0.2) is 9.59 Å². The van der Waals surface area contributed by atoms with E-state index in [2.05, 4.69) is 6.58 Å². The Morgan fingerprint density at radius 1 is 1.24 bits per heavy atom.